The van der Waals surface area contributed by atoms with Crippen molar-refractivity contribution in [3.63, 3.8) is 0 Å². The van der Waals surface area contributed by atoms with Gasteiger partial charge in [-0.2, -0.15) is 0 Å². The van der Waals surface area contributed by atoms with Gasteiger partial charge in [0.2, 0.25) is 0 Å². The quantitative estimate of drug-likeness (QED) is 0.782. The van der Waals surface area contributed by atoms with Crippen LogP contribution in [-0.2, 0) is 4.79 Å². The smallest absolute Gasteiger partial charge is 0.260 e. The number of rotatable bonds is 7. The first-order chi connectivity index (χ1) is 8.65. The average Bonchev–Trinajstić information content (AvgIpc) is 2.37. The van der Waals surface area contributed by atoms with Crippen LogP contribution in [-0.4, -0.2) is 18.6 Å². The van der Waals surface area contributed by atoms with E-state index in [1.165, 1.54) is 0 Å². The normalized spacial score (nSPS) is 11.9. The fraction of sp³-hybridized carbons (Fsp3) is 0.500. The molecule has 1 rings (SSSR count). The Kier molecular flexibility index (Phi) is 6.80. The van der Waals surface area contributed by atoms with E-state index in [1.54, 1.807) is 6.92 Å². The molecule has 1 amide bonds. The number of para-hydroxylation sites is 1. The van der Waals surface area contributed by atoms with E-state index in [9.17, 15) is 4.79 Å². The highest BCUT2D eigenvalue weighted by Crippen LogP contribution is 2.24. The van der Waals surface area contributed by atoms with E-state index in [-0.39, 0.29) is 5.91 Å². The van der Waals surface area contributed by atoms with E-state index in [2.05, 4.69) is 28.2 Å². The second-order valence-electron chi connectivity index (χ2n) is 4.19. The molecular formula is C14H20BrNO2. The molecule has 4 heteroatoms. The van der Waals surface area contributed by atoms with Crippen molar-refractivity contribution in [1.82, 2.24) is 5.32 Å². The first kappa shape index (κ1) is 15.0. The summed E-state index contributed by atoms with van der Waals surface area (Å²) in [6, 6.07) is 7.52. The Hall–Kier alpha value is -1.03. The Labute approximate surface area is 117 Å². The van der Waals surface area contributed by atoms with Gasteiger partial charge in [0, 0.05) is 6.54 Å². The molecule has 0 saturated heterocycles. The zero-order chi connectivity index (χ0) is 13.4. The predicted octanol–water partition coefficient (Wildman–Crippen LogP) is 3.52. The number of carbonyl (C=O) groups is 1. The minimum atomic E-state index is -0.481. The molecule has 1 unspecified atom stereocenters. The number of carbonyl (C=O) groups excluding carboxylic acids is 1. The molecular weight excluding hydrogens is 294 g/mol. The number of halogens is 1. The third kappa shape index (κ3) is 5.08. The Balaban J connectivity index is 2.38. The molecule has 0 heterocycles. The SMILES string of the molecule is CCCCCNC(=O)C(C)Oc1ccccc1Br. The molecule has 1 N–H and O–H groups in total. The average molecular weight is 314 g/mol. The summed E-state index contributed by atoms with van der Waals surface area (Å²) >= 11 is 3.39. The summed E-state index contributed by atoms with van der Waals surface area (Å²) in [7, 11) is 0. The van der Waals surface area contributed by atoms with Gasteiger partial charge in [-0.3, -0.25) is 4.79 Å². The van der Waals surface area contributed by atoms with E-state index < -0.39 is 6.10 Å². The summed E-state index contributed by atoms with van der Waals surface area (Å²) in [5.41, 5.74) is 0. The lowest BCUT2D eigenvalue weighted by Gasteiger charge is -2.15. The summed E-state index contributed by atoms with van der Waals surface area (Å²) in [6.45, 7) is 4.62. The number of hydrogen-bond acceptors (Lipinski definition) is 2. The molecule has 1 atom stereocenters. The lowest BCUT2D eigenvalue weighted by atomic mass is 10.2. The molecule has 0 radical (unpaired) electrons. The molecule has 0 aliphatic rings. The van der Waals surface area contributed by atoms with E-state index in [0.717, 1.165) is 30.3 Å². The molecule has 3 nitrogen and oxygen atoms in total. The molecule has 0 bridgehead atoms. The maximum Gasteiger partial charge on any atom is 0.260 e. The van der Waals surface area contributed by atoms with Crippen LogP contribution in [0.5, 0.6) is 5.75 Å². The maximum absolute atomic E-state index is 11.8. The monoisotopic (exact) mass is 313 g/mol. The Morgan fingerprint density at radius 3 is 2.78 bits per heavy atom. The third-order valence-electron chi connectivity index (χ3n) is 2.59. The van der Waals surface area contributed by atoms with Crippen LogP contribution in [0.25, 0.3) is 0 Å². The largest absolute Gasteiger partial charge is 0.480 e. The van der Waals surface area contributed by atoms with Gasteiger partial charge in [-0.05, 0) is 41.4 Å². The van der Waals surface area contributed by atoms with Crippen LogP contribution in [0.3, 0.4) is 0 Å². The molecule has 18 heavy (non-hydrogen) atoms. The molecule has 0 saturated carbocycles. The molecule has 0 fully saturated rings. The topological polar surface area (TPSA) is 38.3 Å². The van der Waals surface area contributed by atoms with Crippen molar-refractivity contribution in [1.29, 1.82) is 0 Å². The number of hydrogen-bond donors (Lipinski definition) is 1. The van der Waals surface area contributed by atoms with E-state index in [0.29, 0.717) is 5.75 Å². The van der Waals surface area contributed by atoms with Gasteiger partial charge in [0.15, 0.2) is 6.10 Å². The van der Waals surface area contributed by atoms with Crippen LogP contribution >= 0.6 is 15.9 Å². The highest BCUT2D eigenvalue weighted by molar-refractivity contribution is 9.10. The summed E-state index contributed by atoms with van der Waals surface area (Å²) in [4.78, 5) is 11.8. The molecule has 100 valence electrons. The van der Waals surface area contributed by atoms with Gasteiger partial charge < -0.3 is 10.1 Å². The summed E-state index contributed by atoms with van der Waals surface area (Å²) in [5.74, 6) is 0.621. The zero-order valence-electron chi connectivity index (χ0n) is 10.9. The van der Waals surface area contributed by atoms with Gasteiger partial charge in [0.1, 0.15) is 5.75 Å². The Bertz CT molecular complexity index is 382. The summed E-state index contributed by atoms with van der Waals surface area (Å²) < 4.78 is 6.46. The van der Waals surface area contributed by atoms with Gasteiger partial charge >= 0.3 is 0 Å². The van der Waals surface area contributed by atoms with Gasteiger partial charge in [0.05, 0.1) is 4.47 Å². The fourth-order valence-electron chi connectivity index (χ4n) is 1.51. The molecule has 0 aromatic heterocycles. The minimum absolute atomic E-state index is 0.0677. The van der Waals surface area contributed by atoms with Gasteiger partial charge in [-0.25, -0.2) is 0 Å². The van der Waals surface area contributed by atoms with Crippen LogP contribution in [0, 0.1) is 0 Å². The van der Waals surface area contributed by atoms with Crippen LogP contribution in [0.4, 0.5) is 0 Å². The maximum atomic E-state index is 11.8. The van der Waals surface area contributed by atoms with E-state index in [1.807, 2.05) is 24.3 Å². The second-order valence-corrected chi connectivity index (χ2v) is 5.04. The lowest BCUT2D eigenvalue weighted by Crippen LogP contribution is -2.36. The van der Waals surface area contributed by atoms with Crippen molar-refractivity contribution in [3.05, 3.63) is 28.7 Å². The van der Waals surface area contributed by atoms with Gasteiger partial charge in [0.25, 0.3) is 5.91 Å². The van der Waals surface area contributed by atoms with Crippen LogP contribution in [0.2, 0.25) is 0 Å². The summed E-state index contributed by atoms with van der Waals surface area (Å²) in [5, 5.41) is 2.88. The number of ether oxygens (including phenoxy) is 1. The number of unbranched alkanes of at least 4 members (excludes halogenated alkanes) is 2. The molecule has 0 aliphatic heterocycles. The highest BCUT2D eigenvalue weighted by atomic mass is 79.9. The number of amides is 1. The minimum Gasteiger partial charge on any atom is -0.480 e. The van der Waals surface area contributed by atoms with E-state index >= 15 is 0 Å². The van der Waals surface area contributed by atoms with Crippen molar-refractivity contribution < 1.29 is 9.53 Å². The number of benzene rings is 1. The van der Waals surface area contributed by atoms with Crippen molar-refractivity contribution in [2.24, 2.45) is 0 Å². The fourth-order valence-corrected chi connectivity index (χ4v) is 1.89. The van der Waals surface area contributed by atoms with Crippen molar-refractivity contribution >= 4 is 21.8 Å². The van der Waals surface area contributed by atoms with Crippen LogP contribution < -0.4 is 10.1 Å². The predicted molar refractivity (Wildman–Crippen MR) is 76.8 cm³/mol. The zero-order valence-corrected chi connectivity index (χ0v) is 12.5. The van der Waals surface area contributed by atoms with Crippen LogP contribution in [0.1, 0.15) is 33.1 Å². The standard InChI is InChI=1S/C14H20BrNO2/c1-3-4-7-10-16-14(17)11(2)18-13-9-6-5-8-12(13)15/h5-6,8-9,11H,3-4,7,10H2,1-2H3,(H,16,17). The number of nitrogens with one attached hydrogen (secondary N) is 1. The Morgan fingerprint density at radius 1 is 1.39 bits per heavy atom. The highest BCUT2D eigenvalue weighted by Gasteiger charge is 2.14. The molecule has 0 aliphatic carbocycles. The first-order valence-corrected chi connectivity index (χ1v) is 7.13. The van der Waals surface area contributed by atoms with E-state index in [4.69, 9.17) is 4.74 Å². The van der Waals surface area contributed by atoms with Crippen molar-refractivity contribution in [2.45, 2.75) is 39.2 Å². The van der Waals surface area contributed by atoms with Crippen molar-refractivity contribution in [3.8, 4) is 5.75 Å². The van der Waals surface area contributed by atoms with Crippen LogP contribution in [0.15, 0.2) is 28.7 Å². The second kappa shape index (κ2) is 8.14. The molecule has 0 spiro atoms. The summed E-state index contributed by atoms with van der Waals surface area (Å²) in [6.07, 6.45) is 2.83. The Morgan fingerprint density at radius 2 is 2.11 bits per heavy atom. The third-order valence-corrected chi connectivity index (χ3v) is 3.24. The molecule has 1 aromatic carbocycles. The molecule has 1 aromatic rings. The van der Waals surface area contributed by atoms with Crippen molar-refractivity contribution in [2.75, 3.05) is 6.54 Å². The lowest BCUT2D eigenvalue weighted by molar-refractivity contribution is -0.127. The van der Waals surface area contributed by atoms with Gasteiger partial charge in [-0.15, -0.1) is 0 Å². The van der Waals surface area contributed by atoms with Gasteiger partial charge in [-0.1, -0.05) is 31.9 Å². The first-order valence-electron chi connectivity index (χ1n) is 6.34.